The van der Waals surface area contributed by atoms with Crippen LogP contribution >= 0.6 is 23.1 Å². The zero-order valence-electron chi connectivity index (χ0n) is 11.4. The van der Waals surface area contributed by atoms with Gasteiger partial charge in [-0.15, -0.1) is 11.3 Å². The van der Waals surface area contributed by atoms with Gasteiger partial charge in [0.15, 0.2) is 5.16 Å². The second-order valence-electron chi connectivity index (χ2n) is 5.32. The van der Waals surface area contributed by atoms with Gasteiger partial charge in [-0.2, -0.15) is 0 Å². The van der Waals surface area contributed by atoms with Crippen molar-refractivity contribution in [2.45, 2.75) is 36.9 Å². The van der Waals surface area contributed by atoms with Gasteiger partial charge < -0.3 is 5.11 Å². The average molecular weight is 310 g/mol. The molecule has 0 radical (unpaired) electrons. The van der Waals surface area contributed by atoms with E-state index in [4.69, 9.17) is 0 Å². The number of thioether (sulfide) groups is 1. The van der Waals surface area contributed by atoms with Crippen LogP contribution in [0.25, 0.3) is 10.2 Å². The Kier molecular flexibility index (Phi) is 4.14. The quantitative estimate of drug-likeness (QED) is 0.699. The zero-order chi connectivity index (χ0) is 14.1. The third kappa shape index (κ3) is 2.64. The van der Waals surface area contributed by atoms with Crippen LogP contribution in [0, 0.1) is 5.92 Å². The van der Waals surface area contributed by atoms with Gasteiger partial charge >= 0.3 is 0 Å². The number of hydrogen-bond acceptors (Lipinski definition) is 5. The predicted molar refractivity (Wildman–Crippen MR) is 83.5 cm³/mol. The van der Waals surface area contributed by atoms with Gasteiger partial charge in [0.2, 0.25) is 0 Å². The lowest BCUT2D eigenvalue weighted by Gasteiger charge is -2.27. The molecule has 2 aromatic rings. The molecule has 2 aromatic heterocycles. The van der Waals surface area contributed by atoms with Crippen LogP contribution in [0.3, 0.4) is 0 Å². The number of aliphatic hydroxyl groups excluding tert-OH is 1. The van der Waals surface area contributed by atoms with E-state index in [-0.39, 0.29) is 11.7 Å². The van der Waals surface area contributed by atoms with E-state index >= 15 is 0 Å². The Hall–Kier alpha value is -0.850. The summed E-state index contributed by atoms with van der Waals surface area (Å²) >= 11 is 3.02. The average Bonchev–Trinajstić information content (AvgIpc) is 2.91. The first-order valence-electron chi connectivity index (χ1n) is 6.92. The second kappa shape index (κ2) is 5.87. The summed E-state index contributed by atoms with van der Waals surface area (Å²) in [7, 11) is 1.77. The van der Waals surface area contributed by atoms with Crippen molar-refractivity contribution < 1.29 is 5.11 Å². The standard InChI is InChI=1S/C14H18N2O2S2/c1-16-13(18)12-10(6-7-19-12)15-14(16)20-8-9-4-2-3-5-11(9)17/h6-7,9,11,17H,2-5,8H2,1H3. The number of rotatable bonds is 3. The van der Waals surface area contributed by atoms with E-state index in [0.29, 0.717) is 5.92 Å². The molecule has 0 saturated heterocycles. The number of hydrogen-bond donors (Lipinski definition) is 1. The SMILES string of the molecule is Cn1c(SCC2CCCCC2O)nc2ccsc2c1=O. The Labute approximate surface area is 125 Å². The fraction of sp³-hybridized carbons (Fsp3) is 0.571. The molecule has 108 valence electrons. The fourth-order valence-corrected chi connectivity index (χ4v) is 4.66. The van der Waals surface area contributed by atoms with E-state index in [2.05, 4.69) is 4.98 Å². The molecule has 0 aliphatic heterocycles. The number of nitrogens with zero attached hydrogens (tertiary/aromatic N) is 2. The molecule has 0 bridgehead atoms. The van der Waals surface area contributed by atoms with Crippen LogP contribution in [-0.4, -0.2) is 26.5 Å². The van der Waals surface area contributed by atoms with Gasteiger partial charge in [0.25, 0.3) is 5.56 Å². The van der Waals surface area contributed by atoms with E-state index in [1.807, 2.05) is 11.4 Å². The smallest absolute Gasteiger partial charge is 0.271 e. The van der Waals surface area contributed by atoms with Crippen LogP contribution in [0.4, 0.5) is 0 Å². The minimum atomic E-state index is -0.196. The molecule has 0 aromatic carbocycles. The van der Waals surface area contributed by atoms with E-state index in [0.717, 1.165) is 40.4 Å². The van der Waals surface area contributed by atoms with Gasteiger partial charge in [0, 0.05) is 12.8 Å². The molecule has 1 aliphatic rings. The second-order valence-corrected chi connectivity index (χ2v) is 7.22. The van der Waals surface area contributed by atoms with Crippen LogP contribution in [0.1, 0.15) is 25.7 Å². The Bertz CT molecular complexity index is 665. The maximum Gasteiger partial charge on any atom is 0.271 e. The zero-order valence-corrected chi connectivity index (χ0v) is 13.0. The van der Waals surface area contributed by atoms with Crippen LogP contribution in [0.15, 0.2) is 21.4 Å². The first-order chi connectivity index (χ1) is 9.66. The topological polar surface area (TPSA) is 55.1 Å². The summed E-state index contributed by atoms with van der Waals surface area (Å²) in [6, 6.07) is 1.89. The highest BCUT2D eigenvalue weighted by molar-refractivity contribution is 7.99. The van der Waals surface area contributed by atoms with Crippen molar-refractivity contribution in [2.24, 2.45) is 13.0 Å². The molecule has 0 spiro atoms. The molecule has 3 rings (SSSR count). The highest BCUT2D eigenvalue weighted by atomic mass is 32.2. The maximum atomic E-state index is 12.2. The van der Waals surface area contributed by atoms with Crippen LogP contribution in [0.5, 0.6) is 0 Å². The van der Waals surface area contributed by atoms with Gasteiger partial charge in [-0.25, -0.2) is 4.98 Å². The molecule has 20 heavy (non-hydrogen) atoms. The van der Waals surface area contributed by atoms with Crippen molar-refractivity contribution >= 4 is 33.3 Å². The minimum Gasteiger partial charge on any atom is -0.393 e. The largest absolute Gasteiger partial charge is 0.393 e. The number of aromatic nitrogens is 2. The highest BCUT2D eigenvalue weighted by Crippen LogP contribution is 2.30. The third-order valence-corrected chi connectivity index (χ3v) is 6.05. The van der Waals surface area contributed by atoms with Crippen molar-refractivity contribution in [3.63, 3.8) is 0 Å². The van der Waals surface area contributed by atoms with Crippen molar-refractivity contribution in [3.8, 4) is 0 Å². The van der Waals surface area contributed by atoms with Crippen molar-refractivity contribution in [3.05, 3.63) is 21.8 Å². The van der Waals surface area contributed by atoms with Crippen molar-refractivity contribution in [2.75, 3.05) is 5.75 Å². The molecule has 2 heterocycles. The maximum absolute atomic E-state index is 12.2. The minimum absolute atomic E-state index is 0.0247. The van der Waals surface area contributed by atoms with Gasteiger partial charge in [0.1, 0.15) is 4.70 Å². The molecule has 2 atom stereocenters. The summed E-state index contributed by atoms with van der Waals surface area (Å²) in [5.74, 6) is 1.15. The molecule has 2 unspecified atom stereocenters. The summed E-state index contributed by atoms with van der Waals surface area (Å²) in [4.78, 5) is 16.8. The summed E-state index contributed by atoms with van der Waals surface area (Å²) in [5.41, 5.74) is 0.807. The molecule has 1 N–H and O–H groups in total. The van der Waals surface area contributed by atoms with Crippen molar-refractivity contribution in [1.82, 2.24) is 9.55 Å². The molecule has 1 aliphatic carbocycles. The van der Waals surface area contributed by atoms with Crippen LogP contribution < -0.4 is 5.56 Å². The Balaban J connectivity index is 1.80. The summed E-state index contributed by atoms with van der Waals surface area (Å²) in [6.07, 6.45) is 4.10. The Morgan fingerprint density at radius 2 is 2.30 bits per heavy atom. The van der Waals surface area contributed by atoms with E-state index < -0.39 is 0 Å². The van der Waals surface area contributed by atoms with Crippen molar-refractivity contribution in [1.29, 1.82) is 0 Å². The monoisotopic (exact) mass is 310 g/mol. The van der Waals surface area contributed by atoms with Crippen LogP contribution in [-0.2, 0) is 7.05 Å². The number of thiophene rings is 1. The number of fused-ring (bicyclic) bond motifs is 1. The summed E-state index contributed by atoms with van der Waals surface area (Å²) < 4.78 is 2.34. The third-order valence-electron chi connectivity index (χ3n) is 3.94. The van der Waals surface area contributed by atoms with Gasteiger partial charge in [-0.3, -0.25) is 9.36 Å². The Morgan fingerprint density at radius 1 is 1.50 bits per heavy atom. The first kappa shape index (κ1) is 14.1. The van der Waals surface area contributed by atoms with Crippen LogP contribution in [0.2, 0.25) is 0 Å². The highest BCUT2D eigenvalue weighted by Gasteiger charge is 2.23. The van der Waals surface area contributed by atoms with Gasteiger partial charge in [0.05, 0.1) is 11.6 Å². The lowest BCUT2D eigenvalue weighted by Crippen LogP contribution is -2.27. The molecule has 1 saturated carbocycles. The predicted octanol–water partition coefficient (Wildman–Crippen LogP) is 2.64. The van der Waals surface area contributed by atoms with Gasteiger partial charge in [-0.05, 0) is 30.2 Å². The number of aliphatic hydroxyl groups is 1. The van der Waals surface area contributed by atoms with E-state index in [9.17, 15) is 9.90 Å². The lowest BCUT2D eigenvalue weighted by atomic mass is 9.88. The summed E-state index contributed by atoms with van der Waals surface area (Å²) in [5, 5.41) is 12.7. The normalized spacial score (nSPS) is 23.3. The molecule has 6 heteroatoms. The molecule has 4 nitrogen and oxygen atoms in total. The fourth-order valence-electron chi connectivity index (χ4n) is 2.66. The van der Waals surface area contributed by atoms with E-state index in [1.165, 1.54) is 17.8 Å². The molecular formula is C14H18N2O2S2. The summed E-state index contributed by atoms with van der Waals surface area (Å²) in [6.45, 7) is 0. The van der Waals surface area contributed by atoms with E-state index in [1.54, 1.807) is 23.4 Å². The molecule has 1 fully saturated rings. The molecular weight excluding hydrogens is 292 g/mol. The first-order valence-corrected chi connectivity index (χ1v) is 8.78. The lowest BCUT2D eigenvalue weighted by molar-refractivity contribution is 0.0816. The Morgan fingerprint density at radius 3 is 3.10 bits per heavy atom. The molecule has 0 amide bonds. The van der Waals surface area contributed by atoms with Gasteiger partial charge in [-0.1, -0.05) is 24.6 Å².